The van der Waals surface area contributed by atoms with E-state index in [0.29, 0.717) is 0 Å². The molecule has 0 bridgehead atoms. The van der Waals surface area contributed by atoms with Crippen LogP contribution in [0.3, 0.4) is 0 Å². The van der Waals surface area contributed by atoms with E-state index in [1.54, 1.807) is 26.6 Å². The van der Waals surface area contributed by atoms with E-state index in [9.17, 15) is 0 Å². The second-order valence-corrected chi connectivity index (χ2v) is 6.70. The van der Waals surface area contributed by atoms with Gasteiger partial charge in [0.05, 0.1) is 0 Å². The number of hydrogen-bond donors (Lipinski definition) is 0. The number of hydrogen-bond acceptors (Lipinski definition) is 2. The van der Waals surface area contributed by atoms with E-state index in [0.717, 1.165) is 24.6 Å². The number of pyridine rings is 2. The molecule has 4 nitrogen and oxygen atoms in total. The van der Waals surface area contributed by atoms with Crippen LogP contribution in [0.5, 0.6) is 0 Å². The van der Waals surface area contributed by atoms with Gasteiger partial charge >= 0.3 is 35.3 Å². The first-order chi connectivity index (χ1) is 10.3. The first-order valence-corrected chi connectivity index (χ1v) is 11.3. The fourth-order valence-electron chi connectivity index (χ4n) is 1.31. The number of aromatic nitrogens is 2. The van der Waals surface area contributed by atoms with Crippen molar-refractivity contribution in [3.05, 3.63) is 60.2 Å². The molecule has 2 aromatic heterocycles. The molecular formula is C14H20Cl2MoN2O2+2. The Kier molecular flexibility index (Phi) is 15.5. The van der Waals surface area contributed by atoms with Gasteiger partial charge in [0, 0.05) is 12.4 Å². The molecule has 0 spiro atoms. The SMILES string of the molecule is C[OH+]Cc1ccccn1.C[OH+]Cc1ccccn1.[Cl][Mo][Cl]. The van der Waals surface area contributed by atoms with Crippen LogP contribution in [0, 0.1) is 0 Å². The van der Waals surface area contributed by atoms with Gasteiger partial charge in [-0.2, -0.15) is 0 Å². The van der Waals surface area contributed by atoms with Crippen molar-refractivity contribution in [2.75, 3.05) is 14.2 Å². The van der Waals surface area contributed by atoms with Gasteiger partial charge in [0.2, 0.25) is 0 Å². The second-order valence-electron chi connectivity index (χ2n) is 3.65. The normalized spacial score (nSPS) is 8.95. The summed E-state index contributed by atoms with van der Waals surface area (Å²) in [6.07, 6.45) is 3.56. The Hall–Kier alpha value is -0.512. The molecule has 0 radical (unpaired) electrons. The molecule has 0 aliphatic carbocycles. The third-order valence-corrected chi connectivity index (χ3v) is 2.09. The molecule has 0 aliphatic rings. The molecule has 0 atom stereocenters. The van der Waals surface area contributed by atoms with Crippen molar-refractivity contribution in [1.29, 1.82) is 0 Å². The minimum absolute atomic E-state index is 0.586. The number of halogens is 2. The molecule has 21 heavy (non-hydrogen) atoms. The zero-order valence-corrected chi connectivity index (χ0v) is 15.5. The van der Waals surface area contributed by atoms with Gasteiger partial charge in [-0.3, -0.25) is 9.97 Å². The van der Waals surface area contributed by atoms with E-state index < -0.39 is 16.5 Å². The van der Waals surface area contributed by atoms with Gasteiger partial charge in [-0.1, -0.05) is 12.1 Å². The van der Waals surface area contributed by atoms with E-state index in [1.165, 1.54) is 0 Å². The van der Waals surface area contributed by atoms with Crippen molar-refractivity contribution < 1.29 is 26.0 Å². The molecule has 0 unspecified atom stereocenters. The van der Waals surface area contributed by atoms with Crippen molar-refractivity contribution in [2.45, 2.75) is 13.2 Å². The summed E-state index contributed by atoms with van der Waals surface area (Å²) in [6.45, 7) is 1.45. The van der Waals surface area contributed by atoms with Crippen molar-refractivity contribution in [1.82, 2.24) is 9.97 Å². The molecule has 0 saturated carbocycles. The summed E-state index contributed by atoms with van der Waals surface area (Å²) in [6, 6.07) is 11.7. The molecular weight excluding hydrogens is 395 g/mol. The predicted octanol–water partition coefficient (Wildman–Crippen LogP) is 2.86. The number of nitrogens with zero attached hydrogens (tertiary/aromatic N) is 2. The fourth-order valence-corrected chi connectivity index (χ4v) is 1.31. The van der Waals surface area contributed by atoms with Crippen molar-refractivity contribution in [2.24, 2.45) is 0 Å². The first-order valence-electron chi connectivity index (χ1n) is 6.08. The van der Waals surface area contributed by atoms with Gasteiger partial charge in [0.1, 0.15) is 25.6 Å². The van der Waals surface area contributed by atoms with Crippen LogP contribution >= 0.6 is 18.8 Å². The summed E-state index contributed by atoms with van der Waals surface area (Å²) in [5.41, 5.74) is 2.06. The molecule has 0 saturated heterocycles. The Morgan fingerprint density at radius 3 is 1.48 bits per heavy atom. The molecule has 0 aromatic carbocycles. The van der Waals surface area contributed by atoms with Gasteiger partial charge < -0.3 is 9.47 Å². The van der Waals surface area contributed by atoms with E-state index >= 15 is 0 Å². The summed E-state index contributed by atoms with van der Waals surface area (Å²) in [5, 5.41) is 0. The van der Waals surface area contributed by atoms with E-state index in [-0.39, 0.29) is 0 Å². The van der Waals surface area contributed by atoms with Crippen LogP contribution in [-0.4, -0.2) is 33.7 Å². The molecule has 2 heterocycles. The first kappa shape index (κ1) is 20.5. The van der Waals surface area contributed by atoms with Gasteiger partial charge in [-0.15, -0.1) is 0 Å². The Morgan fingerprint density at radius 1 is 0.857 bits per heavy atom. The third kappa shape index (κ3) is 12.9. The summed E-state index contributed by atoms with van der Waals surface area (Å²) < 4.78 is 7.89. The molecule has 2 rings (SSSR count). The zero-order valence-electron chi connectivity index (χ0n) is 12.0. The Labute approximate surface area is 142 Å². The van der Waals surface area contributed by atoms with Gasteiger partial charge in [0.15, 0.2) is 13.2 Å². The van der Waals surface area contributed by atoms with E-state index in [2.05, 4.69) is 19.4 Å². The molecule has 2 aromatic rings. The minimum atomic E-state index is -0.586. The Morgan fingerprint density at radius 2 is 1.24 bits per heavy atom. The van der Waals surface area contributed by atoms with Crippen LogP contribution in [0.25, 0.3) is 0 Å². The molecule has 2 N–H and O–H groups in total. The molecule has 7 heteroatoms. The number of ether oxygens (including phenoxy) is 2. The molecule has 0 aliphatic heterocycles. The van der Waals surface area contributed by atoms with Crippen molar-refractivity contribution >= 4 is 18.8 Å². The maximum absolute atomic E-state index is 4.89. The van der Waals surface area contributed by atoms with E-state index in [1.807, 2.05) is 36.4 Å². The van der Waals surface area contributed by atoms with E-state index in [4.69, 9.17) is 18.8 Å². The zero-order chi connectivity index (χ0) is 15.8. The Bertz CT molecular complexity index is 394. The molecule has 0 amide bonds. The standard InChI is InChI=1S/2C7H9NO.2ClH.Mo/c2*1-9-6-7-4-2-3-5-8-7;;;/h2*2-5H,6H2,1H3;2*1H;/q;;;;+2. The summed E-state index contributed by atoms with van der Waals surface area (Å²) >= 11 is -0.586. The summed E-state index contributed by atoms with van der Waals surface area (Å²) in [4.78, 5) is 8.15. The van der Waals surface area contributed by atoms with Crippen LogP contribution < -0.4 is 0 Å². The Balaban J connectivity index is 0.000000322. The molecule has 0 fully saturated rings. The molecule has 116 valence electrons. The van der Waals surface area contributed by atoms with Crippen molar-refractivity contribution in [3.8, 4) is 0 Å². The van der Waals surface area contributed by atoms with Gasteiger partial charge in [0.25, 0.3) is 0 Å². The van der Waals surface area contributed by atoms with Crippen LogP contribution in [-0.2, 0) is 29.7 Å². The monoisotopic (exact) mass is 416 g/mol. The third-order valence-electron chi connectivity index (χ3n) is 2.09. The van der Waals surface area contributed by atoms with Crippen LogP contribution in [0.2, 0.25) is 0 Å². The maximum atomic E-state index is 4.89. The summed E-state index contributed by atoms with van der Waals surface area (Å²) in [7, 11) is 13.4. The quantitative estimate of drug-likeness (QED) is 0.570. The average molecular weight is 415 g/mol. The number of rotatable bonds is 4. The van der Waals surface area contributed by atoms with Crippen molar-refractivity contribution in [3.63, 3.8) is 0 Å². The summed E-state index contributed by atoms with van der Waals surface area (Å²) in [5.74, 6) is 0. The van der Waals surface area contributed by atoms with Crippen LogP contribution in [0.4, 0.5) is 0 Å². The average Bonchev–Trinajstić information content (AvgIpc) is 2.52. The van der Waals surface area contributed by atoms with Gasteiger partial charge in [-0.25, -0.2) is 0 Å². The van der Waals surface area contributed by atoms with Gasteiger partial charge in [-0.05, 0) is 24.3 Å². The van der Waals surface area contributed by atoms with Crippen LogP contribution in [0.1, 0.15) is 11.4 Å². The topological polar surface area (TPSA) is 51.4 Å². The fraction of sp³-hybridized carbons (Fsp3) is 0.286. The van der Waals surface area contributed by atoms with Crippen LogP contribution in [0.15, 0.2) is 48.8 Å². The predicted molar refractivity (Wildman–Crippen MR) is 83.9 cm³/mol. The number of aliphatic hydroxyl groups is 4. The second kappa shape index (κ2) is 15.9.